The van der Waals surface area contributed by atoms with E-state index in [-0.39, 0.29) is 11.9 Å². The summed E-state index contributed by atoms with van der Waals surface area (Å²) in [4.78, 5) is 13.9. The molecule has 0 aliphatic carbocycles. The predicted octanol–water partition coefficient (Wildman–Crippen LogP) is 1.67. The first-order chi connectivity index (χ1) is 7.57. The van der Waals surface area contributed by atoms with Crippen molar-refractivity contribution in [3.05, 3.63) is 35.4 Å². The largest absolute Gasteiger partial charge is 0.339 e. The maximum Gasteiger partial charge on any atom is 0.254 e. The van der Waals surface area contributed by atoms with Gasteiger partial charge in [0.05, 0.1) is 0 Å². The lowest BCUT2D eigenvalue weighted by molar-refractivity contribution is 0.0754. The Morgan fingerprint density at radius 1 is 1.38 bits per heavy atom. The number of amides is 1. The van der Waals surface area contributed by atoms with Crippen LogP contribution in [-0.2, 0) is 6.42 Å². The zero-order valence-corrected chi connectivity index (χ0v) is 10.2. The number of nitrogens with two attached hydrogens (primary N) is 1. The Hall–Kier alpha value is -1.35. The number of carbonyl (C=O) groups is 1. The third-order valence-corrected chi connectivity index (χ3v) is 2.76. The zero-order valence-electron chi connectivity index (χ0n) is 10.2. The summed E-state index contributed by atoms with van der Waals surface area (Å²) in [6.07, 6.45) is 0.744. The Kier molecular flexibility index (Phi) is 4.50. The molecule has 0 atom stereocenters. The molecule has 0 saturated carbocycles. The van der Waals surface area contributed by atoms with E-state index in [9.17, 15) is 4.79 Å². The molecule has 0 bridgehead atoms. The van der Waals surface area contributed by atoms with Crippen molar-refractivity contribution in [1.29, 1.82) is 0 Å². The van der Waals surface area contributed by atoms with E-state index in [2.05, 4.69) is 0 Å². The monoisotopic (exact) mass is 220 g/mol. The second-order valence-corrected chi connectivity index (χ2v) is 4.21. The van der Waals surface area contributed by atoms with Crippen LogP contribution < -0.4 is 5.73 Å². The second-order valence-electron chi connectivity index (χ2n) is 4.21. The van der Waals surface area contributed by atoms with Gasteiger partial charge in [0.2, 0.25) is 0 Å². The molecule has 1 aromatic rings. The summed E-state index contributed by atoms with van der Waals surface area (Å²) in [7, 11) is 1.83. The molecular weight excluding hydrogens is 200 g/mol. The van der Waals surface area contributed by atoms with Gasteiger partial charge in [0.25, 0.3) is 5.91 Å². The van der Waals surface area contributed by atoms with Crippen molar-refractivity contribution in [3.63, 3.8) is 0 Å². The third-order valence-electron chi connectivity index (χ3n) is 2.76. The SMILES string of the molecule is CC(C)N(C)C(=O)c1ccccc1CCN. The Labute approximate surface area is 97.2 Å². The molecule has 0 aromatic heterocycles. The van der Waals surface area contributed by atoms with Gasteiger partial charge in [-0.1, -0.05) is 18.2 Å². The molecule has 0 radical (unpaired) electrons. The lowest BCUT2D eigenvalue weighted by Crippen LogP contribution is -2.33. The molecule has 88 valence electrons. The lowest BCUT2D eigenvalue weighted by atomic mass is 10.0. The summed E-state index contributed by atoms with van der Waals surface area (Å²) in [5.74, 6) is 0.0686. The number of nitrogens with zero attached hydrogens (tertiary/aromatic N) is 1. The van der Waals surface area contributed by atoms with Crippen LogP contribution in [0.5, 0.6) is 0 Å². The van der Waals surface area contributed by atoms with Crippen LogP contribution in [-0.4, -0.2) is 30.4 Å². The Balaban J connectivity index is 2.98. The van der Waals surface area contributed by atoms with E-state index < -0.39 is 0 Å². The molecule has 1 amide bonds. The first-order valence-electron chi connectivity index (χ1n) is 5.63. The summed E-state index contributed by atoms with van der Waals surface area (Å²) in [6.45, 7) is 4.57. The van der Waals surface area contributed by atoms with E-state index in [1.54, 1.807) is 4.90 Å². The molecule has 2 N–H and O–H groups in total. The Morgan fingerprint density at radius 3 is 2.56 bits per heavy atom. The Bertz CT molecular complexity index is 361. The minimum Gasteiger partial charge on any atom is -0.339 e. The predicted molar refractivity (Wildman–Crippen MR) is 66.4 cm³/mol. The maximum atomic E-state index is 12.2. The average molecular weight is 220 g/mol. The minimum absolute atomic E-state index is 0.0686. The van der Waals surface area contributed by atoms with Gasteiger partial charge >= 0.3 is 0 Å². The number of benzene rings is 1. The van der Waals surface area contributed by atoms with Crippen LogP contribution in [0.1, 0.15) is 29.8 Å². The van der Waals surface area contributed by atoms with Gasteiger partial charge in [0.15, 0.2) is 0 Å². The van der Waals surface area contributed by atoms with Gasteiger partial charge in [-0.3, -0.25) is 4.79 Å². The first-order valence-corrected chi connectivity index (χ1v) is 5.63. The molecule has 0 aliphatic heterocycles. The van der Waals surface area contributed by atoms with Crippen molar-refractivity contribution in [2.75, 3.05) is 13.6 Å². The van der Waals surface area contributed by atoms with Crippen molar-refractivity contribution < 1.29 is 4.79 Å². The molecule has 16 heavy (non-hydrogen) atoms. The molecule has 3 nitrogen and oxygen atoms in total. The highest BCUT2D eigenvalue weighted by Gasteiger charge is 2.16. The van der Waals surface area contributed by atoms with Crippen molar-refractivity contribution >= 4 is 5.91 Å². The molecule has 3 heteroatoms. The molecule has 1 rings (SSSR count). The number of hydrogen-bond acceptors (Lipinski definition) is 2. The fourth-order valence-corrected chi connectivity index (χ4v) is 1.53. The fraction of sp³-hybridized carbons (Fsp3) is 0.462. The van der Waals surface area contributed by atoms with Gasteiger partial charge < -0.3 is 10.6 Å². The molecular formula is C13H20N2O. The topological polar surface area (TPSA) is 46.3 Å². The van der Waals surface area contributed by atoms with Crippen LogP contribution >= 0.6 is 0 Å². The standard InChI is InChI=1S/C13H20N2O/c1-10(2)15(3)13(16)12-7-5-4-6-11(12)8-9-14/h4-7,10H,8-9,14H2,1-3H3. The van der Waals surface area contributed by atoms with Gasteiger partial charge in [0.1, 0.15) is 0 Å². The average Bonchev–Trinajstić information content (AvgIpc) is 2.28. The van der Waals surface area contributed by atoms with E-state index in [0.717, 1.165) is 17.5 Å². The van der Waals surface area contributed by atoms with Crippen molar-refractivity contribution in [3.8, 4) is 0 Å². The summed E-state index contributed by atoms with van der Waals surface area (Å²) < 4.78 is 0. The normalized spacial score (nSPS) is 10.6. The molecule has 0 fully saturated rings. The minimum atomic E-state index is 0.0686. The Morgan fingerprint density at radius 2 is 2.00 bits per heavy atom. The summed E-state index contributed by atoms with van der Waals surface area (Å²) in [6, 6.07) is 7.87. The highest BCUT2D eigenvalue weighted by Crippen LogP contribution is 2.12. The quantitative estimate of drug-likeness (QED) is 0.839. The fourth-order valence-electron chi connectivity index (χ4n) is 1.53. The van der Waals surface area contributed by atoms with Gasteiger partial charge in [-0.25, -0.2) is 0 Å². The van der Waals surface area contributed by atoms with Gasteiger partial charge in [-0.15, -0.1) is 0 Å². The van der Waals surface area contributed by atoms with E-state index in [1.807, 2.05) is 45.2 Å². The third kappa shape index (κ3) is 2.83. The van der Waals surface area contributed by atoms with Crippen LogP contribution in [0.4, 0.5) is 0 Å². The summed E-state index contributed by atoms with van der Waals surface area (Å²) in [5.41, 5.74) is 7.34. The molecule has 0 heterocycles. The number of rotatable bonds is 4. The van der Waals surface area contributed by atoms with Crippen LogP contribution in [0.2, 0.25) is 0 Å². The van der Waals surface area contributed by atoms with Crippen LogP contribution in [0, 0.1) is 0 Å². The zero-order chi connectivity index (χ0) is 12.1. The smallest absolute Gasteiger partial charge is 0.254 e. The lowest BCUT2D eigenvalue weighted by Gasteiger charge is -2.22. The van der Waals surface area contributed by atoms with Crippen LogP contribution in [0.3, 0.4) is 0 Å². The molecule has 0 saturated heterocycles. The molecule has 0 aliphatic rings. The van der Waals surface area contributed by atoms with Gasteiger partial charge in [-0.2, -0.15) is 0 Å². The molecule has 0 spiro atoms. The number of hydrogen-bond donors (Lipinski definition) is 1. The van der Waals surface area contributed by atoms with Crippen LogP contribution in [0.15, 0.2) is 24.3 Å². The maximum absolute atomic E-state index is 12.2. The van der Waals surface area contributed by atoms with Gasteiger partial charge in [0, 0.05) is 18.7 Å². The number of carbonyl (C=O) groups excluding carboxylic acids is 1. The summed E-state index contributed by atoms with van der Waals surface area (Å²) >= 11 is 0. The van der Waals surface area contributed by atoms with E-state index in [0.29, 0.717) is 6.54 Å². The van der Waals surface area contributed by atoms with Crippen molar-refractivity contribution in [1.82, 2.24) is 4.90 Å². The van der Waals surface area contributed by atoms with Crippen molar-refractivity contribution in [2.45, 2.75) is 26.3 Å². The highest BCUT2D eigenvalue weighted by atomic mass is 16.2. The second kappa shape index (κ2) is 5.66. The van der Waals surface area contributed by atoms with E-state index >= 15 is 0 Å². The first kappa shape index (κ1) is 12.7. The molecule has 1 aromatic carbocycles. The summed E-state index contributed by atoms with van der Waals surface area (Å²) in [5, 5.41) is 0. The van der Waals surface area contributed by atoms with Crippen molar-refractivity contribution in [2.24, 2.45) is 5.73 Å². The van der Waals surface area contributed by atoms with Crippen LogP contribution in [0.25, 0.3) is 0 Å². The molecule has 0 unspecified atom stereocenters. The van der Waals surface area contributed by atoms with E-state index in [4.69, 9.17) is 5.73 Å². The van der Waals surface area contributed by atoms with E-state index in [1.165, 1.54) is 0 Å². The highest BCUT2D eigenvalue weighted by molar-refractivity contribution is 5.95. The van der Waals surface area contributed by atoms with Gasteiger partial charge in [-0.05, 0) is 38.4 Å².